The van der Waals surface area contributed by atoms with Crippen LogP contribution in [0.15, 0.2) is 11.4 Å². The lowest BCUT2D eigenvalue weighted by atomic mass is 10.1. The van der Waals surface area contributed by atoms with Crippen LogP contribution in [0.5, 0.6) is 0 Å². The first-order valence-electron chi connectivity index (χ1n) is 4.51. The number of rotatable bonds is 3. The number of carbonyl (C=O) groups excluding carboxylic acids is 1. The fourth-order valence-electron chi connectivity index (χ4n) is 1.01. The maximum Gasteiger partial charge on any atom is 0.262 e. The van der Waals surface area contributed by atoms with Crippen LogP contribution in [0, 0.1) is 6.92 Å². The highest BCUT2D eigenvalue weighted by Gasteiger charge is 2.25. The van der Waals surface area contributed by atoms with Crippen molar-refractivity contribution in [3.05, 3.63) is 21.9 Å². The lowest BCUT2D eigenvalue weighted by molar-refractivity contribution is 0.0936. The third kappa shape index (κ3) is 2.76. The second kappa shape index (κ2) is 4.28. The molecule has 1 aromatic heterocycles. The first-order valence-corrected chi connectivity index (χ1v) is 5.80. The number of thiocarbonyl (C=S) groups is 1. The summed E-state index contributed by atoms with van der Waals surface area (Å²) in [6, 6.07) is 1.91. The minimum atomic E-state index is -0.650. The average Bonchev–Trinajstić information content (AvgIpc) is 2.50. The van der Waals surface area contributed by atoms with Crippen molar-refractivity contribution >= 4 is 34.5 Å². The fraction of sp³-hybridized carbons (Fsp3) is 0.400. The quantitative estimate of drug-likeness (QED) is 0.795. The Bertz CT molecular complexity index is 396. The predicted molar refractivity (Wildman–Crippen MR) is 67.4 cm³/mol. The molecule has 0 radical (unpaired) electrons. The van der Waals surface area contributed by atoms with E-state index in [9.17, 15) is 4.79 Å². The number of carbonyl (C=O) groups is 1. The smallest absolute Gasteiger partial charge is 0.262 e. The third-order valence-corrected chi connectivity index (χ3v) is 3.64. The highest BCUT2D eigenvalue weighted by molar-refractivity contribution is 7.80. The number of thiophene rings is 1. The third-order valence-electron chi connectivity index (χ3n) is 2.11. The van der Waals surface area contributed by atoms with Crippen LogP contribution >= 0.6 is 23.6 Å². The van der Waals surface area contributed by atoms with Gasteiger partial charge in [0.2, 0.25) is 0 Å². The van der Waals surface area contributed by atoms with Gasteiger partial charge in [-0.2, -0.15) is 0 Å². The fourth-order valence-corrected chi connectivity index (χ4v) is 1.88. The number of aryl methyl sites for hydroxylation is 1. The molecule has 1 aromatic rings. The molecule has 1 heterocycles. The van der Waals surface area contributed by atoms with E-state index in [1.54, 1.807) is 13.8 Å². The summed E-state index contributed by atoms with van der Waals surface area (Å²) >= 11 is 6.29. The van der Waals surface area contributed by atoms with E-state index < -0.39 is 5.54 Å². The van der Waals surface area contributed by atoms with Gasteiger partial charge in [0.25, 0.3) is 5.91 Å². The van der Waals surface area contributed by atoms with Gasteiger partial charge in [0.15, 0.2) is 0 Å². The van der Waals surface area contributed by atoms with Crippen molar-refractivity contribution in [3.8, 4) is 0 Å². The van der Waals surface area contributed by atoms with Crippen LogP contribution in [-0.4, -0.2) is 16.4 Å². The van der Waals surface area contributed by atoms with Crippen LogP contribution in [-0.2, 0) is 0 Å². The van der Waals surface area contributed by atoms with E-state index in [2.05, 4.69) is 5.32 Å². The minimum absolute atomic E-state index is 0.125. The lowest BCUT2D eigenvalue weighted by Gasteiger charge is -2.24. The second-order valence-corrected chi connectivity index (χ2v) is 5.23. The zero-order chi connectivity index (χ0) is 11.6. The van der Waals surface area contributed by atoms with Gasteiger partial charge in [-0.25, -0.2) is 0 Å². The van der Waals surface area contributed by atoms with Gasteiger partial charge in [0.05, 0.1) is 15.4 Å². The normalized spacial score (nSPS) is 11.1. The van der Waals surface area contributed by atoms with Crippen LogP contribution in [0.3, 0.4) is 0 Å². The molecule has 0 saturated carbocycles. The Morgan fingerprint density at radius 3 is 2.60 bits per heavy atom. The van der Waals surface area contributed by atoms with Gasteiger partial charge in [-0.05, 0) is 37.8 Å². The Morgan fingerprint density at radius 1 is 1.60 bits per heavy atom. The van der Waals surface area contributed by atoms with E-state index in [1.807, 2.05) is 18.4 Å². The molecule has 0 aliphatic carbocycles. The first-order chi connectivity index (χ1) is 6.84. The molecule has 0 saturated heterocycles. The summed E-state index contributed by atoms with van der Waals surface area (Å²) in [7, 11) is 0. The molecule has 0 spiro atoms. The molecule has 5 heteroatoms. The Balaban J connectivity index is 2.81. The summed E-state index contributed by atoms with van der Waals surface area (Å²) in [6.07, 6.45) is 0. The molecule has 1 amide bonds. The van der Waals surface area contributed by atoms with Gasteiger partial charge in [0, 0.05) is 0 Å². The van der Waals surface area contributed by atoms with E-state index in [4.69, 9.17) is 18.0 Å². The van der Waals surface area contributed by atoms with Gasteiger partial charge in [-0.15, -0.1) is 11.3 Å². The zero-order valence-electron chi connectivity index (χ0n) is 8.96. The summed E-state index contributed by atoms with van der Waals surface area (Å²) in [5.74, 6) is -0.125. The maximum absolute atomic E-state index is 11.8. The number of amides is 1. The van der Waals surface area contributed by atoms with Crippen LogP contribution in [0.2, 0.25) is 0 Å². The molecule has 0 aromatic carbocycles. The van der Waals surface area contributed by atoms with Gasteiger partial charge < -0.3 is 11.1 Å². The monoisotopic (exact) mass is 242 g/mol. The van der Waals surface area contributed by atoms with Crippen LogP contribution in [0.25, 0.3) is 0 Å². The van der Waals surface area contributed by atoms with E-state index in [0.717, 1.165) is 5.56 Å². The molecule has 0 unspecified atom stereocenters. The summed E-state index contributed by atoms with van der Waals surface area (Å²) in [4.78, 5) is 12.8. The first kappa shape index (κ1) is 12.1. The van der Waals surface area contributed by atoms with Crippen molar-refractivity contribution in [2.45, 2.75) is 26.3 Å². The summed E-state index contributed by atoms with van der Waals surface area (Å²) in [6.45, 7) is 5.48. The number of hydrogen-bond acceptors (Lipinski definition) is 3. The molecule has 15 heavy (non-hydrogen) atoms. The lowest BCUT2D eigenvalue weighted by Crippen LogP contribution is -2.52. The predicted octanol–water partition coefficient (Wildman–Crippen LogP) is 1.85. The summed E-state index contributed by atoms with van der Waals surface area (Å²) in [5.41, 5.74) is 5.85. The Labute approximate surface area is 98.7 Å². The van der Waals surface area contributed by atoms with Crippen molar-refractivity contribution in [3.63, 3.8) is 0 Å². The van der Waals surface area contributed by atoms with Crippen molar-refractivity contribution < 1.29 is 4.79 Å². The van der Waals surface area contributed by atoms with E-state index >= 15 is 0 Å². The largest absolute Gasteiger partial charge is 0.391 e. The van der Waals surface area contributed by atoms with E-state index in [1.165, 1.54) is 11.3 Å². The van der Waals surface area contributed by atoms with Crippen LogP contribution < -0.4 is 11.1 Å². The minimum Gasteiger partial charge on any atom is -0.391 e. The van der Waals surface area contributed by atoms with Crippen molar-refractivity contribution in [1.29, 1.82) is 0 Å². The molecule has 0 atom stereocenters. The van der Waals surface area contributed by atoms with Crippen molar-refractivity contribution in [2.75, 3.05) is 0 Å². The molecule has 0 aliphatic heterocycles. The Hall–Kier alpha value is -0.940. The Kier molecular flexibility index (Phi) is 3.46. The molecular weight excluding hydrogens is 228 g/mol. The molecule has 3 nitrogen and oxygen atoms in total. The van der Waals surface area contributed by atoms with Crippen LogP contribution in [0.4, 0.5) is 0 Å². The molecular formula is C10H14N2OS2. The highest BCUT2D eigenvalue weighted by atomic mass is 32.1. The van der Waals surface area contributed by atoms with Gasteiger partial charge in [0.1, 0.15) is 0 Å². The second-order valence-electron chi connectivity index (χ2n) is 3.88. The standard InChI is InChI=1S/C10H14N2OS2/c1-6-4-5-15-7(6)8(13)12-10(2,3)9(11)14/h4-5H,1-3H3,(H2,11,14)(H,12,13). The van der Waals surface area contributed by atoms with Crippen molar-refractivity contribution in [2.24, 2.45) is 5.73 Å². The number of nitrogens with one attached hydrogen (secondary N) is 1. The topological polar surface area (TPSA) is 55.1 Å². The molecule has 0 fully saturated rings. The molecule has 0 aliphatic rings. The van der Waals surface area contributed by atoms with E-state index in [0.29, 0.717) is 4.88 Å². The zero-order valence-corrected chi connectivity index (χ0v) is 10.6. The number of hydrogen-bond donors (Lipinski definition) is 2. The van der Waals surface area contributed by atoms with Crippen molar-refractivity contribution in [1.82, 2.24) is 5.32 Å². The summed E-state index contributed by atoms with van der Waals surface area (Å²) in [5, 5.41) is 4.69. The highest BCUT2D eigenvalue weighted by Crippen LogP contribution is 2.16. The SMILES string of the molecule is Cc1ccsc1C(=O)NC(C)(C)C(N)=S. The van der Waals surface area contributed by atoms with Gasteiger partial charge in [-0.3, -0.25) is 4.79 Å². The number of nitrogens with two attached hydrogens (primary N) is 1. The summed E-state index contributed by atoms with van der Waals surface area (Å²) < 4.78 is 0. The molecule has 3 N–H and O–H groups in total. The molecule has 0 bridgehead atoms. The van der Waals surface area contributed by atoms with Crippen LogP contribution in [0.1, 0.15) is 29.1 Å². The van der Waals surface area contributed by atoms with E-state index in [-0.39, 0.29) is 10.9 Å². The Morgan fingerprint density at radius 2 is 2.20 bits per heavy atom. The van der Waals surface area contributed by atoms with Gasteiger partial charge in [-0.1, -0.05) is 12.2 Å². The molecule has 82 valence electrons. The average molecular weight is 242 g/mol. The maximum atomic E-state index is 11.8. The molecule has 1 rings (SSSR count). The van der Waals surface area contributed by atoms with Gasteiger partial charge >= 0.3 is 0 Å².